The van der Waals surface area contributed by atoms with Crippen molar-refractivity contribution in [2.24, 2.45) is 0 Å². The van der Waals surface area contributed by atoms with Crippen molar-refractivity contribution < 1.29 is 18.3 Å². The predicted octanol–water partition coefficient (Wildman–Crippen LogP) is 1.57. The van der Waals surface area contributed by atoms with E-state index >= 15 is 0 Å². The van der Waals surface area contributed by atoms with Crippen LogP contribution in [0.5, 0.6) is 0 Å². The van der Waals surface area contributed by atoms with E-state index in [1.807, 2.05) is 6.92 Å². The smallest absolute Gasteiger partial charge is 0.395 e. The van der Waals surface area contributed by atoms with Crippen molar-refractivity contribution in [3.8, 4) is 0 Å². The highest BCUT2D eigenvalue weighted by Crippen LogP contribution is 2.30. The molecule has 8 heteroatoms. The molecular formula is C11H13F3N4O. The molecule has 0 radical (unpaired) electrons. The number of aliphatic hydroxyl groups is 1. The summed E-state index contributed by atoms with van der Waals surface area (Å²) in [5.41, 5.74) is -0.688. The van der Waals surface area contributed by atoms with Crippen molar-refractivity contribution in [3.05, 3.63) is 24.2 Å². The second-order valence-electron chi connectivity index (χ2n) is 3.91. The molecule has 2 aromatic heterocycles. The van der Waals surface area contributed by atoms with E-state index in [1.54, 1.807) is 4.90 Å². The Labute approximate surface area is 107 Å². The number of fused-ring (bicyclic) bond motifs is 1. The van der Waals surface area contributed by atoms with Gasteiger partial charge in [0, 0.05) is 31.5 Å². The van der Waals surface area contributed by atoms with Gasteiger partial charge in [0.1, 0.15) is 5.52 Å². The lowest BCUT2D eigenvalue weighted by Crippen LogP contribution is -2.27. The summed E-state index contributed by atoms with van der Waals surface area (Å²) in [5.74, 6) is 0.377. The van der Waals surface area contributed by atoms with Crippen LogP contribution in [0.3, 0.4) is 0 Å². The van der Waals surface area contributed by atoms with Crippen LogP contribution in [0.2, 0.25) is 0 Å². The summed E-state index contributed by atoms with van der Waals surface area (Å²) in [6.45, 7) is 2.56. The summed E-state index contributed by atoms with van der Waals surface area (Å²) in [7, 11) is 0. The number of rotatable bonds is 4. The van der Waals surface area contributed by atoms with E-state index in [0.717, 1.165) is 10.6 Å². The zero-order valence-electron chi connectivity index (χ0n) is 10.2. The standard InChI is InChI=1S/C11H13F3N4O/c1-2-17(5-6-19)10-8-7-9(11(12,13)14)16-18(8)4-3-15-10/h3-4,7,19H,2,5-6H2,1H3. The van der Waals surface area contributed by atoms with Crippen LogP contribution in [0.25, 0.3) is 5.52 Å². The fourth-order valence-corrected chi connectivity index (χ4v) is 1.82. The highest BCUT2D eigenvalue weighted by Gasteiger charge is 2.34. The second-order valence-corrected chi connectivity index (χ2v) is 3.91. The molecule has 19 heavy (non-hydrogen) atoms. The third-order valence-corrected chi connectivity index (χ3v) is 2.71. The maximum Gasteiger partial charge on any atom is 0.435 e. The number of alkyl halides is 3. The zero-order chi connectivity index (χ0) is 14.0. The third-order valence-electron chi connectivity index (χ3n) is 2.71. The largest absolute Gasteiger partial charge is 0.435 e. The summed E-state index contributed by atoms with van der Waals surface area (Å²) in [6, 6.07) is 0.961. The average Bonchev–Trinajstić information content (AvgIpc) is 2.79. The molecule has 1 N–H and O–H groups in total. The lowest BCUT2D eigenvalue weighted by Gasteiger charge is -2.21. The molecule has 0 atom stereocenters. The first-order valence-corrected chi connectivity index (χ1v) is 5.74. The Morgan fingerprint density at radius 2 is 2.16 bits per heavy atom. The van der Waals surface area contributed by atoms with Gasteiger partial charge in [0.2, 0.25) is 0 Å². The van der Waals surface area contributed by atoms with Crippen molar-refractivity contribution in [1.82, 2.24) is 14.6 Å². The fourth-order valence-electron chi connectivity index (χ4n) is 1.82. The van der Waals surface area contributed by atoms with Crippen molar-refractivity contribution in [2.45, 2.75) is 13.1 Å². The first kappa shape index (κ1) is 13.6. The Morgan fingerprint density at radius 1 is 1.42 bits per heavy atom. The Kier molecular flexibility index (Phi) is 3.61. The Morgan fingerprint density at radius 3 is 2.74 bits per heavy atom. The molecule has 0 saturated carbocycles. The molecule has 0 fully saturated rings. The molecule has 2 heterocycles. The van der Waals surface area contributed by atoms with E-state index in [0.29, 0.717) is 18.9 Å². The molecule has 0 amide bonds. The molecule has 2 rings (SSSR count). The average molecular weight is 274 g/mol. The molecule has 0 aliphatic heterocycles. The van der Waals surface area contributed by atoms with Crippen LogP contribution < -0.4 is 4.90 Å². The lowest BCUT2D eigenvalue weighted by atomic mass is 10.3. The van der Waals surface area contributed by atoms with E-state index in [9.17, 15) is 13.2 Å². The SMILES string of the molecule is CCN(CCO)c1nccn2nc(C(F)(F)F)cc12. The molecule has 0 bridgehead atoms. The van der Waals surface area contributed by atoms with Crippen molar-refractivity contribution in [1.29, 1.82) is 0 Å². The van der Waals surface area contributed by atoms with Gasteiger partial charge in [0.25, 0.3) is 0 Å². The number of hydrogen-bond acceptors (Lipinski definition) is 4. The number of hydrogen-bond donors (Lipinski definition) is 1. The highest BCUT2D eigenvalue weighted by atomic mass is 19.4. The summed E-state index contributed by atoms with van der Waals surface area (Å²) in [4.78, 5) is 5.77. The molecular weight excluding hydrogens is 261 g/mol. The molecule has 0 unspecified atom stereocenters. The van der Waals surface area contributed by atoms with Gasteiger partial charge in [0.15, 0.2) is 11.5 Å². The minimum atomic E-state index is -4.49. The molecule has 104 valence electrons. The Bertz CT molecular complexity index is 567. The minimum absolute atomic E-state index is 0.100. The molecule has 0 aliphatic rings. The maximum atomic E-state index is 12.6. The number of aliphatic hydroxyl groups excluding tert-OH is 1. The highest BCUT2D eigenvalue weighted by molar-refractivity contribution is 5.69. The fraction of sp³-hybridized carbons (Fsp3) is 0.455. The van der Waals surface area contributed by atoms with E-state index in [2.05, 4.69) is 10.1 Å². The van der Waals surface area contributed by atoms with Gasteiger partial charge in [-0.2, -0.15) is 18.3 Å². The first-order chi connectivity index (χ1) is 8.97. The van der Waals surface area contributed by atoms with Crippen LogP contribution in [-0.4, -0.2) is 39.4 Å². The van der Waals surface area contributed by atoms with Crippen LogP contribution in [0.1, 0.15) is 12.6 Å². The molecule has 2 aromatic rings. The van der Waals surface area contributed by atoms with Gasteiger partial charge in [-0.15, -0.1) is 0 Å². The van der Waals surface area contributed by atoms with Crippen LogP contribution in [0.4, 0.5) is 19.0 Å². The Balaban J connectivity index is 2.53. The molecule has 0 saturated heterocycles. The van der Waals surface area contributed by atoms with E-state index < -0.39 is 11.9 Å². The topological polar surface area (TPSA) is 53.7 Å². The van der Waals surface area contributed by atoms with Crippen molar-refractivity contribution in [2.75, 3.05) is 24.6 Å². The van der Waals surface area contributed by atoms with Gasteiger partial charge in [-0.3, -0.25) is 0 Å². The molecule has 0 aromatic carbocycles. The summed E-state index contributed by atoms with van der Waals surface area (Å²) in [5, 5.41) is 12.4. The molecule has 5 nitrogen and oxygen atoms in total. The lowest BCUT2D eigenvalue weighted by molar-refractivity contribution is -0.141. The van der Waals surface area contributed by atoms with Gasteiger partial charge in [-0.1, -0.05) is 0 Å². The van der Waals surface area contributed by atoms with E-state index in [1.165, 1.54) is 12.4 Å². The van der Waals surface area contributed by atoms with E-state index in [-0.39, 0.29) is 12.1 Å². The number of likely N-dealkylation sites (N-methyl/N-ethyl adjacent to an activating group) is 1. The second kappa shape index (κ2) is 5.04. The van der Waals surface area contributed by atoms with E-state index in [4.69, 9.17) is 5.11 Å². The summed E-state index contributed by atoms with van der Waals surface area (Å²) >= 11 is 0. The number of anilines is 1. The molecule has 0 aliphatic carbocycles. The van der Waals surface area contributed by atoms with Gasteiger partial charge >= 0.3 is 6.18 Å². The van der Waals surface area contributed by atoms with Gasteiger partial charge < -0.3 is 10.0 Å². The Hall–Kier alpha value is -1.83. The minimum Gasteiger partial charge on any atom is -0.395 e. The van der Waals surface area contributed by atoms with Crippen molar-refractivity contribution in [3.63, 3.8) is 0 Å². The van der Waals surface area contributed by atoms with Gasteiger partial charge in [-0.05, 0) is 6.92 Å². The van der Waals surface area contributed by atoms with Crippen LogP contribution in [0, 0.1) is 0 Å². The number of halogens is 3. The third kappa shape index (κ3) is 2.62. The first-order valence-electron chi connectivity index (χ1n) is 5.74. The van der Waals surface area contributed by atoms with Gasteiger partial charge in [0.05, 0.1) is 6.61 Å². The molecule has 0 spiro atoms. The normalized spacial score (nSPS) is 12.1. The van der Waals surface area contributed by atoms with Crippen LogP contribution >= 0.6 is 0 Å². The van der Waals surface area contributed by atoms with Gasteiger partial charge in [-0.25, -0.2) is 9.50 Å². The number of nitrogens with zero attached hydrogens (tertiary/aromatic N) is 4. The summed E-state index contributed by atoms with van der Waals surface area (Å²) in [6.07, 6.45) is -1.74. The summed E-state index contributed by atoms with van der Waals surface area (Å²) < 4.78 is 39.1. The maximum absolute atomic E-state index is 12.6. The van der Waals surface area contributed by atoms with Crippen molar-refractivity contribution >= 4 is 11.3 Å². The quantitative estimate of drug-likeness (QED) is 0.919. The van der Waals surface area contributed by atoms with Crippen LogP contribution in [-0.2, 0) is 6.18 Å². The zero-order valence-corrected chi connectivity index (χ0v) is 10.2. The van der Waals surface area contributed by atoms with Crippen LogP contribution in [0.15, 0.2) is 18.5 Å². The predicted molar refractivity (Wildman–Crippen MR) is 63.0 cm³/mol. The number of aromatic nitrogens is 3. The monoisotopic (exact) mass is 274 g/mol.